The van der Waals surface area contributed by atoms with Crippen molar-refractivity contribution in [3.8, 4) is 0 Å². The van der Waals surface area contributed by atoms with Crippen molar-refractivity contribution in [2.75, 3.05) is 36.4 Å². The third kappa shape index (κ3) is 4.39. The van der Waals surface area contributed by atoms with E-state index in [4.69, 9.17) is 0 Å². The Balaban J connectivity index is 1.24. The lowest BCUT2D eigenvalue weighted by molar-refractivity contribution is -0.133. The van der Waals surface area contributed by atoms with E-state index in [0.717, 1.165) is 34.3 Å². The van der Waals surface area contributed by atoms with Crippen LogP contribution in [0.25, 0.3) is 0 Å². The molecule has 29 heavy (non-hydrogen) atoms. The number of aromatic nitrogens is 2. The van der Waals surface area contributed by atoms with E-state index in [1.165, 1.54) is 12.1 Å². The van der Waals surface area contributed by atoms with Crippen molar-refractivity contribution < 1.29 is 14.0 Å². The van der Waals surface area contributed by atoms with E-state index in [1.54, 1.807) is 33.5 Å². The number of nitrogens with one attached hydrogen (secondary N) is 1. The molecule has 3 heterocycles. The van der Waals surface area contributed by atoms with Crippen molar-refractivity contribution in [3.63, 3.8) is 0 Å². The van der Waals surface area contributed by atoms with E-state index in [2.05, 4.69) is 15.3 Å². The molecule has 0 aliphatic carbocycles. The van der Waals surface area contributed by atoms with Gasteiger partial charge in [0, 0.05) is 68.8 Å². The van der Waals surface area contributed by atoms with Crippen molar-refractivity contribution in [1.82, 2.24) is 14.7 Å². The Morgan fingerprint density at radius 1 is 1.10 bits per heavy atom. The fourth-order valence-electron chi connectivity index (χ4n) is 3.74. The number of carbonyl (C=O) groups is 2. The van der Waals surface area contributed by atoms with Crippen LogP contribution in [0.4, 0.5) is 15.9 Å². The molecule has 1 N–H and O–H groups in total. The van der Waals surface area contributed by atoms with Crippen LogP contribution in [0.5, 0.6) is 0 Å². The standard InChI is InChI=1S/C20H24FN5O2S/c1-24-20(16-12-29-13-17(16)23-24)22-18(27)6-7-19(28)26-10-8-25(9-11-26)15-4-2-14(21)3-5-15/h2-5H,6-13H2,1H3,(H,22,27). The fraction of sp³-hybridized carbons (Fsp3) is 0.450. The van der Waals surface area contributed by atoms with Crippen LogP contribution in [0.3, 0.4) is 0 Å². The molecule has 0 unspecified atom stereocenters. The molecule has 7 nitrogen and oxygen atoms in total. The first kappa shape index (κ1) is 19.8. The van der Waals surface area contributed by atoms with Crippen LogP contribution in [0, 0.1) is 5.82 Å². The summed E-state index contributed by atoms with van der Waals surface area (Å²) in [6.45, 7) is 2.60. The highest BCUT2D eigenvalue weighted by Gasteiger charge is 2.24. The van der Waals surface area contributed by atoms with E-state index in [1.807, 2.05) is 7.05 Å². The van der Waals surface area contributed by atoms with E-state index in [-0.39, 0.29) is 30.5 Å². The molecule has 4 rings (SSSR count). The molecule has 0 radical (unpaired) electrons. The Bertz CT molecular complexity index is 906. The predicted molar refractivity (Wildman–Crippen MR) is 111 cm³/mol. The van der Waals surface area contributed by atoms with E-state index < -0.39 is 0 Å². The van der Waals surface area contributed by atoms with Crippen molar-refractivity contribution in [2.45, 2.75) is 24.3 Å². The molecule has 2 amide bonds. The lowest BCUT2D eigenvalue weighted by atomic mass is 10.2. The molecule has 1 aromatic carbocycles. The second-order valence-electron chi connectivity index (χ2n) is 7.28. The van der Waals surface area contributed by atoms with Crippen LogP contribution in [0.15, 0.2) is 24.3 Å². The summed E-state index contributed by atoms with van der Waals surface area (Å²) in [4.78, 5) is 28.8. The summed E-state index contributed by atoms with van der Waals surface area (Å²) in [6, 6.07) is 6.40. The topological polar surface area (TPSA) is 70.5 Å². The number of rotatable bonds is 5. The van der Waals surface area contributed by atoms with E-state index in [0.29, 0.717) is 26.2 Å². The molecule has 2 aromatic rings. The maximum atomic E-state index is 13.1. The van der Waals surface area contributed by atoms with Gasteiger partial charge in [0.2, 0.25) is 11.8 Å². The van der Waals surface area contributed by atoms with Crippen molar-refractivity contribution in [3.05, 3.63) is 41.3 Å². The molecular formula is C20H24FN5O2S. The molecule has 0 saturated carbocycles. The highest BCUT2D eigenvalue weighted by atomic mass is 32.2. The molecular weight excluding hydrogens is 393 g/mol. The van der Waals surface area contributed by atoms with Gasteiger partial charge in [-0.05, 0) is 24.3 Å². The highest BCUT2D eigenvalue weighted by molar-refractivity contribution is 7.98. The largest absolute Gasteiger partial charge is 0.368 e. The number of hydrogen-bond donors (Lipinski definition) is 1. The summed E-state index contributed by atoms with van der Waals surface area (Å²) in [6.07, 6.45) is 0.348. The van der Waals surface area contributed by atoms with Crippen LogP contribution in [-0.2, 0) is 28.1 Å². The number of hydrogen-bond acceptors (Lipinski definition) is 5. The maximum absolute atomic E-state index is 13.1. The second kappa shape index (κ2) is 8.44. The number of amides is 2. The zero-order valence-electron chi connectivity index (χ0n) is 16.4. The van der Waals surface area contributed by atoms with Gasteiger partial charge in [-0.15, -0.1) is 0 Å². The third-order valence-corrected chi connectivity index (χ3v) is 6.33. The molecule has 1 aromatic heterocycles. The van der Waals surface area contributed by atoms with E-state index >= 15 is 0 Å². The summed E-state index contributed by atoms with van der Waals surface area (Å²) in [5.74, 6) is 2.05. The van der Waals surface area contributed by atoms with Gasteiger partial charge in [0.1, 0.15) is 11.6 Å². The Morgan fingerprint density at radius 3 is 2.55 bits per heavy atom. The van der Waals surface area contributed by atoms with Gasteiger partial charge in [-0.2, -0.15) is 16.9 Å². The highest BCUT2D eigenvalue weighted by Crippen LogP contribution is 2.34. The molecule has 154 valence electrons. The number of benzene rings is 1. The lowest BCUT2D eigenvalue weighted by Gasteiger charge is -2.36. The van der Waals surface area contributed by atoms with Gasteiger partial charge >= 0.3 is 0 Å². The zero-order valence-corrected chi connectivity index (χ0v) is 17.2. The first-order valence-electron chi connectivity index (χ1n) is 9.72. The second-order valence-corrected chi connectivity index (χ2v) is 8.27. The van der Waals surface area contributed by atoms with Gasteiger partial charge in [0.25, 0.3) is 0 Å². The van der Waals surface area contributed by atoms with Gasteiger partial charge in [0.15, 0.2) is 0 Å². The van der Waals surface area contributed by atoms with Gasteiger partial charge < -0.3 is 15.1 Å². The minimum Gasteiger partial charge on any atom is -0.368 e. The third-order valence-electron chi connectivity index (χ3n) is 5.36. The Morgan fingerprint density at radius 2 is 1.83 bits per heavy atom. The maximum Gasteiger partial charge on any atom is 0.226 e. The van der Waals surface area contributed by atoms with Gasteiger partial charge in [-0.25, -0.2) is 4.39 Å². The van der Waals surface area contributed by atoms with Crippen LogP contribution in [0.2, 0.25) is 0 Å². The molecule has 2 aliphatic rings. The Hall–Kier alpha value is -2.55. The summed E-state index contributed by atoms with van der Waals surface area (Å²) in [5, 5.41) is 7.35. The first-order chi connectivity index (χ1) is 14.0. The number of carbonyl (C=O) groups excluding carboxylic acids is 2. The quantitative estimate of drug-likeness (QED) is 0.809. The average molecular weight is 418 g/mol. The summed E-state index contributed by atoms with van der Waals surface area (Å²) >= 11 is 1.79. The fourth-order valence-corrected chi connectivity index (χ4v) is 4.77. The number of thioether (sulfide) groups is 1. The zero-order chi connectivity index (χ0) is 20.4. The smallest absolute Gasteiger partial charge is 0.226 e. The summed E-state index contributed by atoms with van der Waals surface area (Å²) in [7, 11) is 1.82. The molecule has 1 saturated heterocycles. The molecule has 2 aliphatic heterocycles. The van der Waals surface area contributed by atoms with Crippen molar-refractivity contribution in [1.29, 1.82) is 0 Å². The Labute approximate surface area is 173 Å². The van der Waals surface area contributed by atoms with Gasteiger partial charge in [-0.1, -0.05) is 0 Å². The van der Waals surface area contributed by atoms with Crippen molar-refractivity contribution in [2.24, 2.45) is 7.05 Å². The number of anilines is 2. The van der Waals surface area contributed by atoms with Crippen LogP contribution in [-0.4, -0.2) is 52.7 Å². The normalized spacial score (nSPS) is 16.1. The minimum absolute atomic E-state index is 0.00954. The van der Waals surface area contributed by atoms with Gasteiger partial charge in [-0.3, -0.25) is 14.3 Å². The molecule has 1 fully saturated rings. The average Bonchev–Trinajstić information content (AvgIpc) is 3.29. The van der Waals surface area contributed by atoms with Crippen LogP contribution in [0.1, 0.15) is 24.1 Å². The van der Waals surface area contributed by atoms with Crippen LogP contribution >= 0.6 is 11.8 Å². The minimum atomic E-state index is -0.254. The summed E-state index contributed by atoms with van der Waals surface area (Å²) < 4.78 is 14.8. The number of aryl methyl sites for hydroxylation is 1. The number of fused-ring (bicyclic) bond motifs is 1. The molecule has 9 heteroatoms. The first-order valence-corrected chi connectivity index (χ1v) is 10.9. The Kier molecular flexibility index (Phi) is 5.75. The predicted octanol–water partition coefficient (Wildman–Crippen LogP) is 2.37. The monoisotopic (exact) mass is 417 g/mol. The number of piperazine rings is 1. The van der Waals surface area contributed by atoms with Gasteiger partial charge in [0.05, 0.1) is 5.69 Å². The summed E-state index contributed by atoms with van der Waals surface area (Å²) in [5.41, 5.74) is 3.08. The number of nitrogens with zero attached hydrogens (tertiary/aromatic N) is 4. The van der Waals surface area contributed by atoms with E-state index in [9.17, 15) is 14.0 Å². The van der Waals surface area contributed by atoms with Crippen molar-refractivity contribution >= 4 is 35.1 Å². The number of halogens is 1. The SMILES string of the molecule is Cn1nc2c(c1NC(=O)CCC(=O)N1CCN(c3ccc(F)cc3)CC1)CSC2. The molecule has 0 bridgehead atoms. The van der Waals surface area contributed by atoms with Crippen LogP contribution < -0.4 is 10.2 Å². The lowest BCUT2D eigenvalue weighted by Crippen LogP contribution is -2.48. The molecule has 0 spiro atoms. The molecule has 0 atom stereocenters.